The molecular formula is C17H24N4O. The number of ether oxygens (including phenoxy) is 1. The van der Waals surface area contributed by atoms with E-state index in [2.05, 4.69) is 57.8 Å². The van der Waals surface area contributed by atoms with Crippen LogP contribution >= 0.6 is 0 Å². The van der Waals surface area contributed by atoms with Crippen molar-refractivity contribution in [2.24, 2.45) is 0 Å². The Hall–Kier alpha value is -1.88. The van der Waals surface area contributed by atoms with Crippen molar-refractivity contribution >= 4 is 5.69 Å². The van der Waals surface area contributed by atoms with Crippen molar-refractivity contribution in [1.82, 2.24) is 14.8 Å². The van der Waals surface area contributed by atoms with E-state index >= 15 is 0 Å². The summed E-state index contributed by atoms with van der Waals surface area (Å²) >= 11 is 0. The molecule has 1 aliphatic heterocycles. The number of benzene rings is 1. The van der Waals surface area contributed by atoms with Gasteiger partial charge in [0.1, 0.15) is 5.82 Å². The lowest BCUT2D eigenvalue weighted by molar-refractivity contribution is 0.144. The molecule has 2 aromatic rings. The van der Waals surface area contributed by atoms with Gasteiger partial charge in [0.25, 0.3) is 0 Å². The predicted octanol–water partition coefficient (Wildman–Crippen LogP) is 3.06. The molecule has 0 saturated carbocycles. The molecule has 0 amide bonds. The highest BCUT2D eigenvalue weighted by atomic mass is 16.5. The fourth-order valence-electron chi connectivity index (χ4n) is 3.22. The summed E-state index contributed by atoms with van der Waals surface area (Å²) in [5.74, 6) is 1.93. The fraction of sp³-hybridized carbons (Fsp3) is 0.529. The largest absolute Gasteiger partial charge is 0.382 e. The highest BCUT2D eigenvalue weighted by molar-refractivity contribution is 5.68. The lowest BCUT2D eigenvalue weighted by Crippen LogP contribution is -2.47. The van der Waals surface area contributed by atoms with Crippen LogP contribution in [0.25, 0.3) is 5.69 Å². The first-order valence-corrected chi connectivity index (χ1v) is 7.94. The van der Waals surface area contributed by atoms with E-state index in [0.29, 0.717) is 0 Å². The van der Waals surface area contributed by atoms with Crippen molar-refractivity contribution < 1.29 is 4.74 Å². The van der Waals surface area contributed by atoms with Crippen LogP contribution in [0, 0.1) is 6.92 Å². The third-order valence-corrected chi connectivity index (χ3v) is 4.33. The van der Waals surface area contributed by atoms with Gasteiger partial charge in [-0.3, -0.25) is 4.57 Å². The molecule has 0 spiro atoms. The zero-order valence-electron chi connectivity index (χ0n) is 13.8. The van der Waals surface area contributed by atoms with E-state index in [1.54, 1.807) is 0 Å². The highest BCUT2D eigenvalue weighted by Gasteiger charge is 2.39. The van der Waals surface area contributed by atoms with Crippen LogP contribution in [-0.2, 0) is 10.3 Å². The van der Waals surface area contributed by atoms with Crippen molar-refractivity contribution in [3.8, 4) is 5.69 Å². The number of hydrogen-bond donors (Lipinski definition) is 0. The molecule has 1 aliphatic rings. The summed E-state index contributed by atoms with van der Waals surface area (Å²) in [6.45, 7) is 11.0. The van der Waals surface area contributed by atoms with Crippen LogP contribution in [0.2, 0.25) is 0 Å². The number of aromatic nitrogens is 3. The molecule has 0 saturated heterocycles. The number of anilines is 1. The van der Waals surface area contributed by atoms with E-state index in [1.807, 2.05) is 13.8 Å². The van der Waals surface area contributed by atoms with Gasteiger partial charge in [0.05, 0.1) is 16.9 Å². The van der Waals surface area contributed by atoms with Gasteiger partial charge in [-0.2, -0.15) is 0 Å². The maximum absolute atomic E-state index is 5.49. The molecule has 0 atom stereocenters. The Bertz CT molecular complexity index is 662. The molecule has 0 bridgehead atoms. The van der Waals surface area contributed by atoms with Crippen LogP contribution in [0.4, 0.5) is 5.69 Å². The average Bonchev–Trinajstić information content (AvgIpc) is 2.89. The van der Waals surface area contributed by atoms with Crippen molar-refractivity contribution in [2.45, 2.75) is 39.7 Å². The Labute approximate surface area is 131 Å². The van der Waals surface area contributed by atoms with E-state index in [9.17, 15) is 0 Å². The Morgan fingerprint density at radius 1 is 1.14 bits per heavy atom. The fourth-order valence-corrected chi connectivity index (χ4v) is 3.22. The molecule has 1 aromatic heterocycles. The number of para-hydroxylation sites is 2. The molecule has 2 heterocycles. The van der Waals surface area contributed by atoms with E-state index in [1.165, 1.54) is 5.69 Å². The van der Waals surface area contributed by atoms with Gasteiger partial charge in [-0.1, -0.05) is 12.1 Å². The van der Waals surface area contributed by atoms with Crippen molar-refractivity contribution in [3.63, 3.8) is 0 Å². The van der Waals surface area contributed by atoms with Gasteiger partial charge < -0.3 is 9.64 Å². The Morgan fingerprint density at radius 3 is 2.59 bits per heavy atom. The quantitative estimate of drug-likeness (QED) is 0.796. The minimum atomic E-state index is -0.193. The van der Waals surface area contributed by atoms with Gasteiger partial charge in [0.2, 0.25) is 0 Å². The summed E-state index contributed by atoms with van der Waals surface area (Å²) in [5, 5.41) is 8.74. The van der Waals surface area contributed by atoms with E-state index < -0.39 is 0 Å². The van der Waals surface area contributed by atoms with E-state index in [4.69, 9.17) is 4.74 Å². The first-order chi connectivity index (χ1) is 10.6. The molecule has 118 valence electrons. The highest BCUT2D eigenvalue weighted by Crippen LogP contribution is 2.41. The van der Waals surface area contributed by atoms with Crippen LogP contribution < -0.4 is 4.90 Å². The van der Waals surface area contributed by atoms with Crippen LogP contribution in [0.5, 0.6) is 0 Å². The van der Waals surface area contributed by atoms with Crippen LogP contribution in [0.1, 0.15) is 38.8 Å². The summed E-state index contributed by atoms with van der Waals surface area (Å²) in [6, 6.07) is 8.48. The minimum Gasteiger partial charge on any atom is -0.382 e. The third kappa shape index (κ3) is 2.29. The van der Waals surface area contributed by atoms with Gasteiger partial charge in [-0.05, 0) is 46.2 Å². The number of nitrogens with zero attached hydrogens (tertiary/aromatic N) is 4. The van der Waals surface area contributed by atoms with Crippen LogP contribution in [-0.4, -0.2) is 34.5 Å². The number of fused-ring (bicyclic) bond motifs is 3. The van der Waals surface area contributed by atoms with Gasteiger partial charge in [-0.25, -0.2) is 0 Å². The van der Waals surface area contributed by atoms with Crippen molar-refractivity contribution in [2.75, 3.05) is 24.7 Å². The monoisotopic (exact) mass is 300 g/mol. The van der Waals surface area contributed by atoms with Gasteiger partial charge in [-0.15, -0.1) is 10.2 Å². The summed E-state index contributed by atoms with van der Waals surface area (Å²) < 4.78 is 7.67. The van der Waals surface area contributed by atoms with E-state index in [0.717, 1.165) is 43.5 Å². The van der Waals surface area contributed by atoms with Crippen molar-refractivity contribution in [1.29, 1.82) is 0 Å². The molecule has 0 radical (unpaired) electrons. The Morgan fingerprint density at radius 2 is 1.86 bits per heavy atom. The predicted molar refractivity (Wildman–Crippen MR) is 87.6 cm³/mol. The first kappa shape index (κ1) is 15.0. The molecule has 0 fully saturated rings. The zero-order chi connectivity index (χ0) is 15.7. The summed E-state index contributed by atoms with van der Waals surface area (Å²) in [7, 11) is 0. The molecule has 3 rings (SSSR count). The number of hydrogen-bond acceptors (Lipinski definition) is 4. The second-order valence-corrected chi connectivity index (χ2v) is 6.16. The molecule has 0 aliphatic carbocycles. The van der Waals surface area contributed by atoms with Crippen LogP contribution in [0.15, 0.2) is 24.3 Å². The summed E-state index contributed by atoms with van der Waals surface area (Å²) in [5.41, 5.74) is 2.21. The molecule has 1 aromatic carbocycles. The summed E-state index contributed by atoms with van der Waals surface area (Å²) in [6.07, 6.45) is 0.999. The topological polar surface area (TPSA) is 43.2 Å². The van der Waals surface area contributed by atoms with Gasteiger partial charge in [0, 0.05) is 19.8 Å². The minimum absolute atomic E-state index is 0.193. The molecular weight excluding hydrogens is 276 g/mol. The first-order valence-electron chi connectivity index (χ1n) is 7.94. The zero-order valence-corrected chi connectivity index (χ0v) is 13.8. The van der Waals surface area contributed by atoms with Gasteiger partial charge in [0.15, 0.2) is 5.82 Å². The lowest BCUT2D eigenvalue weighted by atomic mass is 9.96. The SMILES string of the molecule is CCOCCCN1c2ccccc2-n2c(C)nnc2C1(C)C. The van der Waals surface area contributed by atoms with E-state index in [-0.39, 0.29) is 5.54 Å². The molecule has 0 N–H and O–H groups in total. The second kappa shape index (κ2) is 5.72. The molecule has 0 unspecified atom stereocenters. The maximum atomic E-state index is 5.49. The molecule has 5 heteroatoms. The average molecular weight is 300 g/mol. The molecule has 22 heavy (non-hydrogen) atoms. The number of aryl methyl sites for hydroxylation is 1. The maximum Gasteiger partial charge on any atom is 0.163 e. The number of rotatable bonds is 5. The second-order valence-electron chi connectivity index (χ2n) is 6.16. The normalized spacial score (nSPS) is 15.5. The lowest BCUT2D eigenvalue weighted by Gasteiger charge is -2.44. The third-order valence-electron chi connectivity index (χ3n) is 4.33. The smallest absolute Gasteiger partial charge is 0.163 e. The Kier molecular flexibility index (Phi) is 3.91. The van der Waals surface area contributed by atoms with Crippen LogP contribution in [0.3, 0.4) is 0 Å². The standard InChI is InChI=1S/C17H24N4O/c1-5-22-12-8-11-20-14-9-6-7-10-15(14)21-13(2)18-19-16(21)17(20,3)4/h6-7,9-10H,5,8,11-12H2,1-4H3. The van der Waals surface area contributed by atoms with Gasteiger partial charge >= 0.3 is 0 Å². The van der Waals surface area contributed by atoms with Crippen molar-refractivity contribution in [3.05, 3.63) is 35.9 Å². The molecule has 5 nitrogen and oxygen atoms in total. The Balaban J connectivity index is 2.01. The summed E-state index contributed by atoms with van der Waals surface area (Å²) in [4.78, 5) is 2.42.